The summed E-state index contributed by atoms with van der Waals surface area (Å²) in [6.07, 6.45) is -3.21. The Bertz CT molecular complexity index is 2250. The molecule has 2 aliphatic rings. The Morgan fingerprint density at radius 1 is 1.06 bits per heavy atom. The third-order valence-corrected chi connectivity index (χ3v) is 11.3. The molecule has 62 heavy (non-hydrogen) atoms. The maximum atomic E-state index is 14.9. The molecule has 0 bridgehead atoms. The number of amides is 2. The minimum Gasteiger partial charge on any atom is -0.495 e. The van der Waals surface area contributed by atoms with Crippen LogP contribution in [0.15, 0.2) is 60.7 Å². The van der Waals surface area contributed by atoms with Crippen molar-refractivity contribution in [2.24, 2.45) is 5.92 Å². The summed E-state index contributed by atoms with van der Waals surface area (Å²) in [4.78, 5) is 29.9. The second-order valence-corrected chi connectivity index (χ2v) is 16.4. The number of carbonyl (C=O) groups is 2. The number of unbranched alkanes of at least 4 members (excludes halogenated alkanes) is 1. The first-order chi connectivity index (χ1) is 29.6. The SMILES string of the molecule is COc1cc(C(=O)NCCCCOc2ccc3c(c2)N(C)[C@@H](C(C)C)C(=O)N[C@H](CO)C3)ccc1NCC#Cc1cc2c(N[C@@H]3CCN(C)C[C@@H]3F)cccc2n1CC(F)(F)F. The molecule has 334 valence electrons. The highest BCUT2D eigenvalue weighted by Gasteiger charge is 2.33. The highest BCUT2D eigenvalue weighted by Crippen LogP contribution is 2.33. The van der Waals surface area contributed by atoms with Crippen LogP contribution in [0.25, 0.3) is 10.9 Å². The number of anilines is 3. The van der Waals surface area contributed by atoms with Crippen LogP contribution in [0.2, 0.25) is 0 Å². The fourth-order valence-corrected chi connectivity index (χ4v) is 8.18. The lowest BCUT2D eigenvalue weighted by molar-refractivity contribution is -0.140. The van der Waals surface area contributed by atoms with Gasteiger partial charge in [-0.3, -0.25) is 9.59 Å². The van der Waals surface area contributed by atoms with Gasteiger partial charge in [-0.2, -0.15) is 13.2 Å². The molecule has 1 aromatic heterocycles. The molecule has 0 spiro atoms. The number of benzene rings is 3. The predicted octanol–water partition coefficient (Wildman–Crippen LogP) is 6.21. The quantitative estimate of drug-likeness (QED) is 0.0538. The summed E-state index contributed by atoms with van der Waals surface area (Å²) < 4.78 is 68.8. The van der Waals surface area contributed by atoms with Crippen LogP contribution >= 0.6 is 0 Å². The van der Waals surface area contributed by atoms with Crippen molar-refractivity contribution in [3.05, 3.63) is 77.5 Å². The summed E-state index contributed by atoms with van der Waals surface area (Å²) in [5, 5.41) is 22.6. The van der Waals surface area contributed by atoms with E-state index < -0.39 is 31.0 Å². The number of carbonyl (C=O) groups excluding carboxylic acids is 2. The Hall–Kier alpha value is -5.66. The summed E-state index contributed by atoms with van der Waals surface area (Å²) in [5.74, 6) is 6.51. The van der Waals surface area contributed by atoms with E-state index in [1.54, 1.807) is 42.5 Å². The van der Waals surface area contributed by atoms with Crippen molar-refractivity contribution >= 4 is 39.8 Å². The zero-order valence-electron chi connectivity index (χ0n) is 35.9. The standard InChI is InChI=1S/C46H57F4N7O5/c1-29(2)43-45(60)53-32(27-58)22-30-13-15-34(25-41(30)56(43)4)62-21-7-6-18-52-44(59)31-14-16-39(42(23-31)61-5)51-19-9-10-33-24-35-37(54-38-17-20-55(3)26-36(38)47)11-8-12-40(35)57(33)28-46(48,49)50/h8,11-16,23-25,29,32,36,38,43,51,54,58H,6-7,17-22,26-28H2,1-5H3,(H,52,59)(H,53,60)/t32-,36-,38+,43-/m0/s1. The fourth-order valence-electron chi connectivity index (χ4n) is 8.18. The van der Waals surface area contributed by atoms with E-state index in [1.165, 1.54) is 7.11 Å². The number of fused-ring (bicyclic) bond motifs is 2. The highest BCUT2D eigenvalue weighted by atomic mass is 19.4. The molecular formula is C46H57F4N7O5. The maximum absolute atomic E-state index is 14.9. The van der Waals surface area contributed by atoms with E-state index >= 15 is 0 Å². The van der Waals surface area contributed by atoms with Gasteiger partial charge in [0.05, 0.1) is 55.9 Å². The molecular weight excluding hydrogens is 807 g/mol. The number of rotatable bonds is 15. The van der Waals surface area contributed by atoms with Crippen LogP contribution in [0.4, 0.5) is 34.6 Å². The lowest BCUT2D eigenvalue weighted by atomic mass is 9.95. The lowest BCUT2D eigenvalue weighted by Crippen LogP contribution is -2.54. The molecule has 1 fully saturated rings. The Morgan fingerprint density at radius 2 is 1.87 bits per heavy atom. The molecule has 12 nitrogen and oxygen atoms in total. The molecule has 16 heteroatoms. The van der Waals surface area contributed by atoms with Gasteiger partial charge in [-0.15, -0.1) is 0 Å². The highest BCUT2D eigenvalue weighted by molar-refractivity contribution is 5.95. The number of aliphatic hydroxyl groups excluding tert-OH is 1. The molecule has 2 amide bonds. The Balaban J connectivity index is 1.01. The van der Waals surface area contributed by atoms with Crippen molar-refractivity contribution in [1.82, 2.24) is 20.1 Å². The van der Waals surface area contributed by atoms with E-state index in [1.807, 2.05) is 55.9 Å². The fraction of sp³-hybridized carbons (Fsp3) is 0.478. The summed E-state index contributed by atoms with van der Waals surface area (Å²) in [6.45, 7) is 4.50. The monoisotopic (exact) mass is 863 g/mol. The number of likely N-dealkylation sites (N-methyl/N-ethyl adjacent to an activating group) is 1. The number of nitrogens with zero attached hydrogens (tertiary/aromatic N) is 3. The third-order valence-electron chi connectivity index (χ3n) is 11.3. The topological polar surface area (TPSA) is 132 Å². The normalized spacial score (nSPS) is 19.5. The molecule has 6 rings (SSSR count). The summed E-state index contributed by atoms with van der Waals surface area (Å²) in [6, 6.07) is 16.1. The molecule has 0 saturated carbocycles. The van der Waals surface area contributed by atoms with Crippen molar-refractivity contribution in [1.29, 1.82) is 0 Å². The lowest BCUT2D eigenvalue weighted by Gasteiger charge is -2.37. The summed E-state index contributed by atoms with van der Waals surface area (Å²) in [5.41, 5.74) is 3.91. The minimum absolute atomic E-state index is 0.0413. The average Bonchev–Trinajstić information content (AvgIpc) is 3.57. The number of piperidine rings is 1. The average molecular weight is 864 g/mol. The molecule has 0 unspecified atom stereocenters. The van der Waals surface area contributed by atoms with E-state index in [-0.39, 0.29) is 49.2 Å². The van der Waals surface area contributed by atoms with Crippen LogP contribution in [-0.2, 0) is 17.8 Å². The van der Waals surface area contributed by atoms with Crippen LogP contribution in [0.3, 0.4) is 0 Å². The molecule has 0 radical (unpaired) electrons. The van der Waals surface area contributed by atoms with Gasteiger partial charge in [0.25, 0.3) is 5.91 Å². The van der Waals surface area contributed by atoms with E-state index in [9.17, 15) is 32.3 Å². The second-order valence-electron chi connectivity index (χ2n) is 16.4. The van der Waals surface area contributed by atoms with Crippen LogP contribution in [0.1, 0.15) is 54.7 Å². The van der Waals surface area contributed by atoms with E-state index in [0.29, 0.717) is 84.7 Å². The molecule has 4 atom stereocenters. The number of alkyl halides is 4. The zero-order valence-corrected chi connectivity index (χ0v) is 35.9. The molecule has 3 aromatic carbocycles. The number of halogens is 4. The van der Waals surface area contributed by atoms with Crippen LogP contribution in [0.5, 0.6) is 11.5 Å². The second kappa shape index (κ2) is 20.5. The van der Waals surface area contributed by atoms with Crippen molar-refractivity contribution in [3.63, 3.8) is 0 Å². The molecule has 3 heterocycles. The number of ether oxygens (including phenoxy) is 2. The minimum atomic E-state index is -4.49. The van der Waals surface area contributed by atoms with Gasteiger partial charge in [0, 0.05) is 55.1 Å². The van der Waals surface area contributed by atoms with Gasteiger partial charge in [0.1, 0.15) is 30.3 Å². The largest absolute Gasteiger partial charge is 0.495 e. The molecule has 5 N–H and O–H groups in total. The van der Waals surface area contributed by atoms with Crippen molar-refractivity contribution < 1.29 is 41.7 Å². The maximum Gasteiger partial charge on any atom is 0.406 e. The molecule has 1 saturated heterocycles. The van der Waals surface area contributed by atoms with Gasteiger partial charge in [0.2, 0.25) is 5.91 Å². The first-order valence-electron chi connectivity index (χ1n) is 21.0. The third kappa shape index (κ3) is 11.4. The van der Waals surface area contributed by atoms with Crippen LogP contribution in [0, 0.1) is 17.8 Å². The Labute approximate surface area is 360 Å². The van der Waals surface area contributed by atoms with Crippen LogP contribution < -0.4 is 35.6 Å². The number of hydrogen-bond acceptors (Lipinski definition) is 9. The van der Waals surface area contributed by atoms with Gasteiger partial charge in [-0.25, -0.2) is 4.39 Å². The van der Waals surface area contributed by atoms with E-state index in [4.69, 9.17) is 9.47 Å². The van der Waals surface area contributed by atoms with Gasteiger partial charge >= 0.3 is 6.18 Å². The summed E-state index contributed by atoms with van der Waals surface area (Å²) >= 11 is 0. The van der Waals surface area contributed by atoms with Gasteiger partial charge in [0.15, 0.2) is 0 Å². The first kappa shape index (κ1) is 45.9. The molecule has 2 aliphatic heterocycles. The number of hydrogen-bond donors (Lipinski definition) is 5. The predicted molar refractivity (Wildman–Crippen MR) is 234 cm³/mol. The Kier molecular flexibility index (Phi) is 15.1. The van der Waals surface area contributed by atoms with Crippen molar-refractivity contribution in [3.8, 4) is 23.3 Å². The van der Waals surface area contributed by atoms with Gasteiger partial charge in [-0.1, -0.05) is 31.9 Å². The Morgan fingerprint density at radius 3 is 2.60 bits per heavy atom. The zero-order chi connectivity index (χ0) is 44.6. The summed E-state index contributed by atoms with van der Waals surface area (Å²) in [7, 11) is 5.23. The number of aromatic nitrogens is 1. The number of nitrogens with one attached hydrogen (secondary N) is 4. The van der Waals surface area contributed by atoms with E-state index in [2.05, 4.69) is 33.1 Å². The first-order valence-corrected chi connectivity index (χ1v) is 21.0. The number of aliphatic hydroxyl groups is 1. The van der Waals surface area contributed by atoms with Crippen molar-refractivity contribution in [2.45, 2.75) is 76.5 Å². The van der Waals surface area contributed by atoms with Crippen molar-refractivity contribution in [2.75, 3.05) is 76.1 Å². The van der Waals surface area contributed by atoms with Gasteiger partial charge < -0.3 is 50.2 Å². The van der Waals surface area contributed by atoms with Gasteiger partial charge in [-0.05, 0) is 92.6 Å². The molecule has 0 aliphatic carbocycles. The smallest absolute Gasteiger partial charge is 0.406 e. The number of likely N-dealkylation sites (tertiary alicyclic amines) is 1. The van der Waals surface area contributed by atoms with Crippen LogP contribution in [-0.4, -0.2) is 117 Å². The van der Waals surface area contributed by atoms with E-state index in [0.717, 1.165) is 15.8 Å². The number of methoxy groups -OCH3 is 1. The molecule has 4 aromatic rings.